The van der Waals surface area contributed by atoms with Gasteiger partial charge >= 0.3 is 5.97 Å². The largest absolute Gasteiger partial charge is 0.469 e. The van der Waals surface area contributed by atoms with Gasteiger partial charge in [-0.25, -0.2) is 0 Å². The van der Waals surface area contributed by atoms with Crippen LogP contribution in [0.15, 0.2) is 0 Å². The molecule has 0 spiro atoms. The summed E-state index contributed by atoms with van der Waals surface area (Å²) in [7, 11) is 1.24. The van der Waals surface area contributed by atoms with Crippen molar-refractivity contribution in [2.24, 2.45) is 5.73 Å². The first-order chi connectivity index (χ1) is 6.06. The number of amides is 1. The molecule has 0 aromatic heterocycles. The minimum Gasteiger partial charge on any atom is -0.469 e. The fraction of sp³-hybridized carbons (Fsp3) is 0.714. The van der Waals surface area contributed by atoms with Crippen LogP contribution in [-0.4, -0.2) is 43.3 Å². The zero-order valence-electron chi connectivity index (χ0n) is 7.45. The van der Waals surface area contributed by atoms with E-state index in [0.717, 1.165) is 0 Å². The van der Waals surface area contributed by atoms with Crippen LogP contribution >= 0.6 is 0 Å². The third-order valence-electron chi connectivity index (χ3n) is 1.31. The maximum Gasteiger partial charge on any atom is 0.308 e. The van der Waals surface area contributed by atoms with Gasteiger partial charge in [0.25, 0.3) is 0 Å². The first-order valence-electron chi connectivity index (χ1n) is 3.80. The average Bonchev–Trinajstić information content (AvgIpc) is 2.03. The van der Waals surface area contributed by atoms with Gasteiger partial charge in [-0.05, 0) is 0 Å². The second-order valence-corrected chi connectivity index (χ2v) is 2.53. The molecule has 0 rings (SSSR count). The minimum atomic E-state index is -0.855. The van der Waals surface area contributed by atoms with Crippen LogP contribution in [0, 0.1) is 0 Å². The Labute approximate surface area is 76.0 Å². The molecule has 76 valence electrons. The molecule has 0 aromatic rings. The monoisotopic (exact) mass is 190 g/mol. The number of rotatable bonds is 6. The molecule has 0 aromatic carbocycles. The molecular formula is C7H14N2O4. The van der Waals surface area contributed by atoms with Crippen molar-refractivity contribution in [3.8, 4) is 0 Å². The number of aliphatic hydroxyl groups excluding tert-OH is 1. The highest BCUT2D eigenvalue weighted by Gasteiger charge is 2.10. The molecule has 0 saturated carbocycles. The zero-order valence-corrected chi connectivity index (χ0v) is 7.45. The van der Waals surface area contributed by atoms with E-state index in [1.807, 2.05) is 0 Å². The fourth-order valence-corrected chi connectivity index (χ4v) is 0.710. The number of primary amides is 1. The van der Waals surface area contributed by atoms with E-state index in [1.165, 1.54) is 7.11 Å². The molecule has 0 fully saturated rings. The van der Waals surface area contributed by atoms with E-state index in [-0.39, 0.29) is 19.5 Å². The summed E-state index contributed by atoms with van der Waals surface area (Å²) in [6, 6.07) is 0. The summed E-state index contributed by atoms with van der Waals surface area (Å²) >= 11 is 0. The Morgan fingerprint density at radius 1 is 1.62 bits per heavy atom. The summed E-state index contributed by atoms with van der Waals surface area (Å²) in [4.78, 5) is 20.9. The molecule has 1 atom stereocenters. The SMILES string of the molecule is COC(=O)CC(O)CNCC(N)=O. The second kappa shape index (κ2) is 6.38. The van der Waals surface area contributed by atoms with Gasteiger partial charge in [-0.2, -0.15) is 0 Å². The molecule has 0 saturated heterocycles. The maximum absolute atomic E-state index is 10.6. The van der Waals surface area contributed by atoms with E-state index < -0.39 is 18.0 Å². The van der Waals surface area contributed by atoms with Crippen molar-refractivity contribution in [2.45, 2.75) is 12.5 Å². The van der Waals surface area contributed by atoms with Crippen LogP contribution < -0.4 is 11.1 Å². The zero-order chi connectivity index (χ0) is 10.3. The number of carbonyl (C=O) groups is 2. The van der Waals surface area contributed by atoms with E-state index in [9.17, 15) is 9.59 Å². The smallest absolute Gasteiger partial charge is 0.308 e. The van der Waals surface area contributed by atoms with Gasteiger partial charge in [0, 0.05) is 6.54 Å². The number of aliphatic hydroxyl groups is 1. The first-order valence-corrected chi connectivity index (χ1v) is 3.80. The molecule has 13 heavy (non-hydrogen) atoms. The fourth-order valence-electron chi connectivity index (χ4n) is 0.710. The van der Waals surface area contributed by atoms with E-state index in [2.05, 4.69) is 10.1 Å². The quantitative estimate of drug-likeness (QED) is 0.420. The van der Waals surface area contributed by atoms with Crippen molar-refractivity contribution in [1.82, 2.24) is 5.32 Å². The number of nitrogens with one attached hydrogen (secondary N) is 1. The summed E-state index contributed by atoms with van der Waals surface area (Å²) in [5.74, 6) is -1.00. The minimum absolute atomic E-state index is 0.0156. The summed E-state index contributed by atoms with van der Waals surface area (Å²) < 4.78 is 4.33. The second-order valence-electron chi connectivity index (χ2n) is 2.53. The van der Waals surface area contributed by atoms with Crippen molar-refractivity contribution in [2.75, 3.05) is 20.2 Å². The molecule has 0 aliphatic rings. The van der Waals surface area contributed by atoms with Crippen molar-refractivity contribution in [1.29, 1.82) is 0 Å². The normalized spacial score (nSPS) is 12.2. The predicted octanol–water partition coefficient (Wildman–Crippen LogP) is -2.01. The molecule has 6 heteroatoms. The molecule has 1 unspecified atom stereocenters. The Balaban J connectivity index is 3.45. The van der Waals surface area contributed by atoms with Crippen molar-refractivity contribution >= 4 is 11.9 Å². The summed E-state index contributed by atoms with van der Waals surface area (Å²) in [5, 5.41) is 11.7. The topological polar surface area (TPSA) is 102 Å². The summed E-state index contributed by atoms with van der Waals surface area (Å²) in [6.45, 7) is 0.121. The summed E-state index contributed by atoms with van der Waals surface area (Å²) in [5.41, 5.74) is 4.83. The Hall–Kier alpha value is -1.14. The number of nitrogens with two attached hydrogens (primary N) is 1. The highest BCUT2D eigenvalue weighted by Crippen LogP contribution is 1.91. The molecule has 0 aliphatic heterocycles. The van der Waals surface area contributed by atoms with E-state index in [1.54, 1.807) is 0 Å². The van der Waals surface area contributed by atoms with Gasteiger partial charge in [0.1, 0.15) is 0 Å². The van der Waals surface area contributed by atoms with E-state index >= 15 is 0 Å². The first kappa shape index (κ1) is 11.9. The lowest BCUT2D eigenvalue weighted by Crippen LogP contribution is -2.35. The predicted molar refractivity (Wildman–Crippen MR) is 44.7 cm³/mol. The van der Waals surface area contributed by atoms with E-state index in [0.29, 0.717) is 0 Å². The van der Waals surface area contributed by atoms with Crippen LogP contribution in [-0.2, 0) is 14.3 Å². The number of carbonyl (C=O) groups excluding carboxylic acids is 2. The van der Waals surface area contributed by atoms with Crippen LogP contribution in [0.1, 0.15) is 6.42 Å². The number of esters is 1. The molecule has 4 N–H and O–H groups in total. The lowest BCUT2D eigenvalue weighted by molar-refractivity contribution is -0.142. The lowest BCUT2D eigenvalue weighted by atomic mass is 10.2. The number of ether oxygens (including phenoxy) is 1. The molecule has 0 aliphatic carbocycles. The van der Waals surface area contributed by atoms with Crippen LogP contribution in [0.4, 0.5) is 0 Å². The molecule has 0 heterocycles. The van der Waals surface area contributed by atoms with Crippen molar-refractivity contribution < 1.29 is 19.4 Å². The molecular weight excluding hydrogens is 176 g/mol. The third-order valence-corrected chi connectivity index (χ3v) is 1.31. The van der Waals surface area contributed by atoms with Gasteiger partial charge in [-0.15, -0.1) is 0 Å². The van der Waals surface area contributed by atoms with Gasteiger partial charge < -0.3 is 20.9 Å². The Bertz CT molecular complexity index is 183. The molecule has 1 amide bonds. The van der Waals surface area contributed by atoms with Crippen LogP contribution in [0.5, 0.6) is 0 Å². The number of hydrogen-bond donors (Lipinski definition) is 3. The molecule has 0 radical (unpaired) electrons. The average molecular weight is 190 g/mol. The Morgan fingerprint density at radius 2 is 2.23 bits per heavy atom. The number of methoxy groups -OCH3 is 1. The van der Waals surface area contributed by atoms with Crippen LogP contribution in [0.2, 0.25) is 0 Å². The van der Waals surface area contributed by atoms with Crippen molar-refractivity contribution in [3.05, 3.63) is 0 Å². The van der Waals surface area contributed by atoms with E-state index in [4.69, 9.17) is 10.8 Å². The van der Waals surface area contributed by atoms with Gasteiger partial charge in [-0.1, -0.05) is 0 Å². The third kappa shape index (κ3) is 7.23. The Kier molecular flexibility index (Phi) is 5.82. The molecule has 6 nitrogen and oxygen atoms in total. The highest BCUT2D eigenvalue weighted by atomic mass is 16.5. The van der Waals surface area contributed by atoms with Gasteiger partial charge in [0.2, 0.25) is 5.91 Å². The van der Waals surface area contributed by atoms with Crippen LogP contribution in [0.25, 0.3) is 0 Å². The van der Waals surface area contributed by atoms with Gasteiger partial charge in [-0.3, -0.25) is 9.59 Å². The lowest BCUT2D eigenvalue weighted by Gasteiger charge is -2.08. The molecule has 0 bridgehead atoms. The standard InChI is InChI=1S/C7H14N2O4/c1-13-7(12)2-5(10)3-9-4-6(8)11/h5,9-10H,2-4H2,1H3,(H2,8,11). The summed E-state index contributed by atoms with van der Waals surface area (Å²) in [6.07, 6.45) is -0.950. The number of hydrogen-bond acceptors (Lipinski definition) is 5. The maximum atomic E-state index is 10.6. The van der Waals surface area contributed by atoms with Crippen molar-refractivity contribution in [3.63, 3.8) is 0 Å². The highest BCUT2D eigenvalue weighted by molar-refractivity contribution is 5.75. The Morgan fingerprint density at radius 3 is 2.69 bits per heavy atom. The van der Waals surface area contributed by atoms with Crippen LogP contribution in [0.3, 0.4) is 0 Å². The van der Waals surface area contributed by atoms with Gasteiger partial charge in [0.05, 0.1) is 26.2 Å². The van der Waals surface area contributed by atoms with Gasteiger partial charge in [0.15, 0.2) is 0 Å².